The number of likely N-dealkylation sites (tertiary alicyclic amines) is 1. The molecule has 0 radical (unpaired) electrons. The first-order valence-electron chi connectivity index (χ1n) is 6.39. The summed E-state index contributed by atoms with van der Waals surface area (Å²) in [7, 11) is 1.31. The fourth-order valence-corrected chi connectivity index (χ4v) is 2.65. The lowest BCUT2D eigenvalue weighted by molar-refractivity contribution is -0.149. The number of likely N-dealkylation sites (N-methyl/N-ethyl adjacent to an activating group) is 1. The van der Waals surface area contributed by atoms with E-state index < -0.39 is 29.6 Å². The molecule has 0 aliphatic carbocycles. The molecule has 6 nitrogen and oxygen atoms in total. The van der Waals surface area contributed by atoms with E-state index in [1.54, 1.807) is 0 Å². The fourth-order valence-electron chi connectivity index (χ4n) is 2.65. The van der Waals surface area contributed by atoms with Crippen molar-refractivity contribution in [2.45, 2.75) is 18.9 Å². The van der Waals surface area contributed by atoms with Crippen molar-refractivity contribution in [3.8, 4) is 0 Å². The highest BCUT2D eigenvalue weighted by Gasteiger charge is 2.46. The maximum absolute atomic E-state index is 13.2. The molecule has 2 aliphatic heterocycles. The molecule has 0 aromatic heterocycles. The topological polar surface area (TPSA) is 74.8 Å². The van der Waals surface area contributed by atoms with Crippen LogP contribution < -0.4 is 0 Å². The minimum absolute atomic E-state index is 0.0487. The van der Waals surface area contributed by atoms with Gasteiger partial charge in [-0.3, -0.25) is 29.0 Å². The Morgan fingerprint density at radius 3 is 2.48 bits per heavy atom. The average molecular weight is 290 g/mol. The van der Waals surface area contributed by atoms with Gasteiger partial charge in [0, 0.05) is 13.5 Å². The number of fused-ring (bicyclic) bond motifs is 1. The normalized spacial score (nSPS) is 22.1. The number of rotatable bonds is 1. The van der Waals surface area contributed by atoms with Gasteiger partial charge < -0.3 is 0 Å². The van der Waals surface area contributed by atoms with E-state index >= 15 is 0 Å². The molecule has 21 heavy (non-hydrogen) atoms. The van der Waals surface area contributed by atoms with Crippen molar-refractivity contribution >= 4 is 23.6 Å². The Morgan fingerprint density at radius 1 is 1.10 bits per heavy atom. The van der Waals surface area contributed by atoms with E-state index in [1.807, 2.05) is 0 Å². The third-order valence-electron chi connectivity index (χ3n) is 3.81. The zero-order chi connectivity index (χ0) is 15.3. The van der Waals surface area contributed by atoms with Crippen LogP contribution in [-0.4, -0.2) is 46.5 Å². The Kier molecular flexibility index (Phi) is 2.86. The fraction of sp³-hybridized carbons (Fsp3) is 0.286. The Hall–Kier alpha value is -2.57. The number of hydrogen-bond donors (Lipinski definition) is 0. The van der Waals surface area contributed by atoms with Crippen LogP contribution in [0.15, 0.2) is 18.2 Å². The van der Waals surface area contributed by atoms with Gasteiger partial charge in [0.25, 0.3) is 17.7 Å². The number of nitrogens with zero attached hydrogens (tertiary/aromatic N) is 2. The molecule has 7 heteroatoms. The molecule has 1 aromatic carbocycles. The summed E-state index contributed by atoms with van der Waals surface area (Å²) in [5.41, 5.74) is 0.0288. The van der Waals surface area contributed by atoms with Crippen LogP contribution in [0, 0.1) is 5.82 Å². The molecule has 2 aliphatic rings. The Balaban J connectivity index is 1.98. The summed E-state index contributed by atoms with van der Waals surface area (Å²) in [6.07, 6.45) is 0.171. The number of hydrogen-bond acceptors (Lipinski definition) is 4. The maximum Gasteiger partial charge on any atom is 0.262 e. The van der Waals surface area contributed by atoms with Crippen molar-refractivity contribution in [2.75, 3.05) is 7.05 Å². The van der Waals surface area contributed by atoms with Gasteiger partial charge in [0.1, 0.15) is 11.9 Å². The van der Waals surface area contributed by atoms with E-state index in [9.17, 15) is 23.6 Å². The number of carbonyl (C=O) groups is 4. The second-order valence-electron chi connectivity index (χ2n) is 5.02. The molecule has 0 bridgehead atoms. The molecule has 0 spiro atoms. The molecular formula is C14H11FN2O4. The number of carbonyl (C=O) groups excluding carboxylic acids is 4. The number of piperidine rings is 1. The molecule has 0 unspecified atom stereocenters. The summed E-state index contributed by atoms with van der Waals surface area (Å²) in [4.78, 5) is 49.9. The number of benzene rings is 1. The smallest absolute Gasteiger partial charge is 0.262 e. The molecule has 4 amide bonds. The second-order valence-corrected chi connectivity index (χ2v) is 5.02. The van der Waals surface area contributed by atoms with Gasteiger partial charge in [-0.2, -0.15) is 0 Å². The van der Waals surface area contributed by atoms with E-state index in [-0.39, 0.29) is 29.9 Å². The highest BCUT2D eigenvalue weighted by Crippen LogP contribution is 2.29. The largest absolute Gasteiger partial charge is 0.284 e. The van der Waals surface area contributed by atoms with Crippen LogP contribution in [0.5, 0.6) is 0 Å². The van der Waals surface area contributed by atoms with Gasteiger partial charge in [0.05, 0.1) is 11.1 Å². The monoisotopic (exact) mass is 290 g/mol. The summed E-state index contributed by atoms with van der Waals surface area (Å²) in [6, 6.07) is 2.29. The molecule has 0 N–H and O–H groups in total. The first-order valence-corrected chi connectivity index (χ1v) is 6.39. The zero-order valence-corrected chi connectivity index (χ0v) is 11.1. The Morgan fingerprint density at radius 2 is 1.76 bits per heavy atom. The van der Waals surface area contributed by atoms with Gasteiger partial charge >= 0.3 is 0 Å². The number of amides is 4. The van der Waals surface area contributed by atoms with Crippen molar-refractivity contribution in [2.24, 2.45) is 0 Å². The van der Waals surface area contributed by atoms with Crippen LogP contribution in [0.25, 0.3) is 0 Å². The Bertz CT molecular complexity index is 700. The summed E-state index contributed by atoms with van der Waals surface area (Å²) in [5, 5.41) is 0. The van der Waals surface area contributed by atoms with E-state index in [0.717, 1.165) is 21.9 Å². The van der Waals surface area contributed by atoms with Crippen LogP contribution in [0.1, 0.15) is 33.6 Å². The third-order valence-corrected chi connectivity index (χ3v) is 3.81. The molecule has 1 atom stereocenters. The van der Waals surface area contributed by atoms with E-state index in [0.29, 0.717) is 0 Å². The zero-order valence-electron chi connectivity index (χ0n) is 11.1. The third kappa shape index (κ3) is 1.84. The summed E-state index contributed by atoms with van der Waals surface area (Å²) in [5.74, 6) is -2.90. The van der Waals surface area contributed by atoms with Gasteiger partial charge in [-0.15, -0.1) is 0 Å². The highest BCUT2D eigenvalue weighted by atomic mass is 19.1. The molecule has 0 saturated carbocycles. The van der Waals surface area contributed by atoms with Gasteiger partial charge in [-0.25, -0.2) is 4.39 Å². The molecule has 108 valence electrons. The van der Waals surface area contributed by atoms with Gasteiger partial charge in [0.15, 0.2) is 0 Å². The molecule has 3 rings (SSSR count). The molecule has 1 saturated heterocycles. The number of imide groups is 2. The van der Waals surface area contributed by atoms with E-state index in [4.69, 9.17) is 0 Å². The highest BCUT2D eigenvalue weighted by molar-refractivity contribution is 6.23. The van der Waals surface area contributed by atoms with Crippen molar-refractivity contribution in [3.63, 3.8) is 0 Å². The van der Waals surface area contributed by atoms with Gasteiger partial charge in [-0.05, 0) is 24.6 Å². The summed E-state index contributed by atoms with van der Waals surface area (Å²) in [6.45, 7) is 0. The van der Waals surface area contributed by atoms with Crippen LogP contribution in [0.2, 0.25) is 0 Å². The SMILES string of the molecule is CN1C(=O)CC[C@H](N2C(=O)c3ccc(F)cc3C2=O)C1=O. The summed E-state index contributed by atoms with van der Waals surface area (Å²) < 4.78 is 13.2. The molecule has 1 aromatic rings. The van der Waals surface area contributed by atoms with E-state index in [2.05, 4.69) is 0 Å². The van der Waals surface area contributed by atoms with Crippen LogP contribution >= 0.6 is 0 Å². The lowest BCUT2D eigenvalue weighted by Crippen LogP contribution is -2.54. The summed E-state index contributed by atoms with van der Waals surface area (Å²) >= 11 is 0. The van der Waals surface area contributed by atoms with Crippen LogP contribution in [0.4, 0.5) is 4.39 Å². The molecular weight excluding hydrogens is 279 g/mol. The van der Waals surface area contributed by atoms with E-state index in [1.165, 1.54) is 13.1 Å². The average Bonchev–Trinajstić information content (AvgIpc) is 2.69. The standard InChI is InChI=1S/C14H11FN2O4/c1-16-11(18)5-4-10(14(16)21)17-12(19)8-3-2-7(15)6-9(8)13(17)20/h2-3,6,10H,4-5H2,1H3/t10-/m0/s1. The molecule has 1 fully saturated rings. The lowest BCUT2D eigenvalue weighted by Gasteiger charge is -2.32. The second kappa shape index (κ2) is 4.47. The first kappa shape index (κ1) is 13.4. The van der Waals surface area contributed by atoms with Crippen molar-refractivity contribution in [1.29, 1.82) is 0 Å². The maximum atomic E-state index is 13.2. The Labute approximate surface area is 119 Å². The minimum Gasteiger partial charge on any atom is -0.284 e. The number of halogens is 1. The van der Waals surface area contributed by atoms with Crippen LogP contribution in [-0.2, 0) is 9.59 Å². The quantitative estimate of drug-likeness (QED) is 0.709. The minimum atomic E-state index is -1.01. The lowest BCUT2D eigenvalue weighted by atomic mass is 10.0. The van der Waals surface area contributed by atoms with Crippen molar-refractivity contribution in [1.82, 2.24) is 9.80 Å². The predicted molar refractivity (Wildman–Crippen MR) is 67.7 cm³/mol. The van der Waals surface area contributed by atoms with Crippen molar-refractivity contribution in [3.05, 3.63) is 35.1 Å². The van der Waals surface area contributed by atoms with Gasteiger partial charge in [0.2, 0.25) is 5.91 Å². The predicted octanol–water partition coefficient (Wildman–Crippen LogP) is 0.569. The van der Waals surface area contributed by atoms with Crippen LogP contribution in [0.3, 0.4) is 0 Å². The first-order chi connectivity index (χ1) is 9.91. The molecule has 2 heterocycles. The van der Waals surface area contributed by atoms with Crippen molar-refractivity contribution < 1.29 is 23.6 Å². The van der Waals surface area contributed by atoms with Gasteiger partial charge in [-0.1, -0.05) is 0 Å².